The van der Waals surface area contributed by atoms with E-state index >= 15 is 0 Å². The van der Waals surface area contributed by atoms with Gasteiger partial charge in [-0.15, -0.1) is 0 Å². The summed E-state index contributed by atoms with van der Waals surface area (Å²) < 4.78 is 17.3. The lowest BCUT2D eigenvalue weighted by Gasteiger charge is -2.17. The molecule has 1 aliphatic rings. The predicted octanol–water partition coefficient (Wildman–Crippen LogP) is 0.238. The summed E-state index contributed by atoms with van der Waals surface area (Å²) >= 11 is 0. The van der Waals surface area contributed by atoms with Crippen LogP contribution in [0.2, 0.25) is 0 Å². The van der Waals surface area contributed by atoms with Crippen LogP contribution in [-0.4, -0.2) is 45.3 Å². The number of nitrogens with one attached hydrogen (secondary N) is 2. The van der Waals surface area contributed by atoms with E-state index in [2.05, 4.69) is 9.97 Å². The lowest BCUT2D eigenvalue weighted by Crippen LogP contribution is -2.34. The van der Waals surface area contributed by atoms with Gasteiger partial charge in [0, 0.05) is 50.3 Å². The van der Waals surface area contributed by atoms with E-state index in [0.29, 0.717) is 12.0 Å². The molecule has 2 aromatic rings. The summed E-state index contributed by atoms with van der Waals surface area (Å²) in [5, 5.41) is 0. The maximum Gasteiger partial charge on any atom is 0.330 e. The number of aromatic amines is 2. The first-order valence-corrected chi connectivity index (χ1v) is 8.76. The van der Waals surface area contributed by atoms with E-state index in [4.69, 9.17) is 14.2 Å². The highest BCUT2D eigenvalue weighted by molar-refractivity contribution is 5.66. The first-order valence-electron chi connectivity index (χ1n) is 8.76. The molecule has 0 amide bonds. The topological polar surface area (TPSA) is 132 Å². The largest absolute Gasteiger partial charge is 0.463 e. The summed E-state index contributed by atoms with van der Waals surface area (Å²) in [4.78, 5) is 52.2. The SMILES string of the molecule is CC(=O)OC[C@H]1O[C@@H](n2cc(Cc3ccc[nH]3)c(=O)[nH]c2=O)C[C@@H]1OC(C)=O. The molecule has 1 fully saturated rings. The van der Waals surface area contributed by atoms with E-state index < -0.39 is 41.6 Å². The Morgan fingerprint density at radius 2 is 2.07 bits per heavy atom. The lowest BCUT2D eigenvalue weighted by molar-refractivity contribution is -0.155. The van der Waals surface area contributed by atoms with Crippen molar-refractivity contribution in [3.63, 3.8) is 0 Å². The average molecular weight is 391 g/mol. The van der Waals surface area contributed by atoms with Crippen molar-refractivity contribution in [2.24, 2.45) is 0 Å². The predicted molar refractivity (Wildman–Crippen MR) is 95.6 cm³/mol. The fraction of sp³-hybridized carbons (Fsp3) is 0.444. The van der Waals surface area contributed by atoms with Crippen LogP contribution in [0.1, 0.15) is 37.8 Å². The molecule has 1 saturated heterocycles. The highest BCUT2D eigenvalue weighted by Crippen LogP contribution is 2.30. The molecule has 0 saturated carbocycles. The Kier molecular flexibility index (Phi) is 5.78. The molecule has 150 valence electrons. The van der Waals surface area contributed by atoms with Crippen LogP contribution in [0.5, 0.6) is 0 Å². The molecule has 0 radical (unpaired) electrons. The molecule has 3 rings (SSSR count). The fourth-order valence-electron chi connectivity index (χ4n) is 3.11. The van der Waals surface area contributed by atoms with Gasteiger partial charge in [0.1, 0.15) is 25.0 Å². The summed E-state index contributed by atoms with van der Waals surface area (Å²) in [6.07, 6.45) is 1.47. The van der Waals surface area contributed by atoms with Crippen molar-refractivity contribution < 1.29 is 23.8 Å². The summed E-state index contributed by atoms with van der Waals surface area (Å²) in [7, 11) is 0. The second-order valence-corrected chi connectivity index (χ2v) is 6.51. The molecule has 3 heterocycles. The molecule has 0 unspecified atom stereocenters. The van der Waals surface area contributed by atoms with Gasteiger partial charge in [-0.05, 0) is 12.1 Å². The molecule has 3 atom stereocenters. The molecular weight excluding hydrogens is 370 g/mol. The number of nitrogens with zero attached hydrogens (tertiary/aromatic N) is 1. The maximum atomic E-state index is 12.3. The van der Waals surface area contributed by atoms with Crippen LogP contribution in [0.4, 0.5) is 0 Å². The Morgan fingerprint density at radius 1 is 1.29 bits per heavy atom. The Balaban J connectivity index is 1.85. The van der Waals surface area contributed by atoms with Crippen LogP contribution in [-0.2, 0) is 30.2 Å². The summed E-state index contributed by atoms with van der Waals surface area (Å²) in [5.74, 6) is -1.01. The van der Waals surface area contributed by atoms with Gasteiger partial charge in [0.15, 0.2) is 0 Å². The van der Waals surface area contributed by atoms with Crippen molar-refractivity contribution in [1.29, 1.82) is 0 Å². The van der Waals surface area contributed by atoms with Gasteiger partial charge in [-0.25, -0.2) is 4.79 Å². The molecule has 0 aliphatic carbocycles. The molecule has 10 nitrogen and oxygen atoms in total. The number of hydrogen-bond donors (Lipinski definition) is 2. The molecule has 0 bridgehead atoms. The van der Waals surface area contributed by atoms with Crippen LogP contribution < -0.4 is 11.2 Å². The van der Waals surface area contributed by atoms with Gasteiger partial charge < -0.3 is 19.2 Å². The highest BCUT2D eigenvalue weighted by atomic mass is 16.6. The van der Waals surface area contributed by atoms with Crippen LogP contribution in [0.25, 0.3) is 0 Å². The monoisotopic (exact) mass is 391 g/mol. The van der Waals surface area contributed by atoms with Gasteiger partial charge in [-0.1, -0.05) is 0 Å². The summed E-state index contributed by atoms with van der Waals surface area (Å²) in [6, 6.07) is 3.63. The molecule has 1 aliphatic heterocycles. The Hall–Kier alpha value is -3.14. The number of ether oxygens (including phenoxy) is 3. The molecule has 2 aromatic heterocycles. The van der Waals surface area contributed by atoms with Crippen molar-refractivity contribution in [2.45, 2.75) is 45.1 Å². The van der Waals surface area contributed by atoms with E-state index in [1.165, 1.54) is 24.6 Å². The number of aromatic nitrogens is 3. The molecule has 10 heteroatoms. The zero-order valence-electron chi connectivity index (χ0n) is 15.5. The second-order valence-electron chi connectivity index (χ2n) is 6.51. The van der Waals surface area contributed by atoms with Crippen LogP contribution in [0.15, 0.2) is 34.1 Å². The average Bonchev–Trinajstić information content (AvgIpc) is 3.25. The van der Waals surface area contributed by atoms with Crippen LogP contribution in [0, 0.1) is 0 Å². The third kappa shape index (κ3) is 4.58. The van der Waals surface area contributed by atoms with Crippen molar-refractivity contribution in [3.05, 3.63) is 56.6 Å². The normalized spacial score (nSPS) is 21.4. The van der Waals surface area contributed by atoms with Gasteiger partial charge in [0.05, 0.1) is 0 Å². The molecule has 28 heavy (non-hydrogen) atoms. The van der Waals surface area contributed by atoms with Gasteiger partial charge >= 0.3 is 17.6 Å². The number of esters is 2. The number of rotatable bonds is 6. The van der Waals surface area contributed by atoms with Gasteiger partial charge in [0.2, 0.25) is 0 Å². The zero-order chi connectivity index (χ0) is 20.3. The minimum atomic E-state index is -0.781. The summed E-state index contributed by atoms with van der Waals surface area (Å²) in [6.45, 7) is 2.40. The number of carbonyl (C=O) groups excluding carboxylic acids is 2. The molecular formula is C18H21N3O7. The van der Waals surface area contributed by atoms with Crippen molar-refractivity contribution in [1.82, 2.24) is 14.5 Å². The van der Waals surface area contributed by atoms with Gasteiger partial charge in [0.25, 0.3) is 5.56 Å². The Labute approximate surface area is 159 Å². The minimum Gasteiger partial charge on any atom is -0.463 e. The zero-order valence-corrected chi connectivity index (χ0v) is 15.5. The van der Waals surface area contributed by atoms with E-state index in [9.17, 15) is 19.2 Å². The fourth-order valence-corrected chi connectivity index (χ4v) is 3.11. The van der Waals surface area contributed by atoms with E-state index in [0.717, 1.165) is 5.69 Å². The standard InChI is InChI=1S/C18H21N3O7/c1-10(22)26-9-15-14(27-11(2)23)7-16(28-15)21-8-12(17(24)20-18(21)25)6-13-4-3-5-19-13/h3-5,8,14-16,19H,6-7,9H2,1-2H3,(H,20,24,25)/t14-,15+,16+/m0/s1. The quantitative estimate of drug-likeness (QED) is 0.674. The molecule has 0 aromatic carbocycles. The van der Waals surface area contributed by atoms with Crippen LogP contribution >= 0.6 is 0 Å². The third-order valence-electron chi connectivity index (χ3n) is 4.34. The first-order chi connectivity index (χ1) is 13.3. The number of hydrogen-bond acceptors (Lipinski definition) is 7. The lowest BCUT2D eigenvalue weighted by atomic mass is 10.1. The summed E-state index contributed by atoms with van der Waals surface area (Å²) in [5.41, 5.74) is 0.0634. The van der Waals surface area contributed by atoms with E-state index in [1.54, 1.807) is 6.20 Å². The number of H-pyrrole nitrogens is 2. The van der Waals surface area contributed by atoms with Gasteiger partial charge in [-0.3, -0.25) is 23.9 Å². The maximum absolute atomic E-state index is 12.3. The van der Waals surface area contributed by atoms with E-state index in [-0.39, 0.29) is 13.0 Å². The smallest absolute Gasteiger partial charge is 0.330 e. The van der Waals surface area contributed by atoms with Crippen molar-refractivity contribution in [2.75, 3.05) is 6.61 Å². The third-order valence-corrected chi connectivity index (χ3v) is 4.34. The highest BCUT2D eigenvalue weighted by Gasteiger charge is 2.39. The number of carbonyl (C=O) groups is 2. The van der Waals surface area contributed by atoms with E-state index in [1.807, 2.05) is 12.1 Å². The Bertz CT molecular complexity index is 960. The Morgan fingerprint density at radius 3 is 2.71 bits per heavy atom. The minimum absolute atomic E-state index is 0.114. The molecule has 2 N–H and O–H groups in total. The second kappa shape index (κ2) is 8.26. The molecule has 0 spiro atoms. The first kappa shape index (κ1) is 19.6. The van der Waals surface area contributed by atoms with Crippen molar-refractivity contribution >= 4 is 11.9 Å². The van der Waals surface area contributed by atoms with Crippen LogP contribution in [0.3, 0.4) is 0 Å². The van der Waals surface area contributed by atoms with Gasteiger partial charge in [-0.2, -0.15) is 0 Å². The van der Waals surface area contributed by atoms with Crippen molar-refractivity contribution in [3.8, 4) is 0 Å².